The number of ether oxygens (including phenoxy) is 1. The lowest BCUT2D eigenvalue weighted by atomic mass is 9.82. The van der Waals surface area contributed by atoms with Gasteiger partial charge in [0.25, 0.3) is 0 Å². The Kier molecular flexibility index (Phi) is 2.50. The molecule has 0 saturated carbocycles. The normalized spacial score (nSPS) is 33.7. The Morgan fingerprint density at radius 3 is 3.00 bits per heavy atom. The third-order valence-electron chi connectivity index (χ3n) is 2.16. The van der Waals surface area contributed by atoms with Crippen LogP contribution in [0.5, 0.6) is 0 Å². The summed E-state index contributed by atoms with van der Waals surface area (Å²) in [6, 6.07) is 0. The van der Waals surface area contributed by atoms with Gasteiger partial charge in [0.05, 0.1) is 6.61 Å². The smallest absolute Gasteiger partial charge is 0.0522 e. The first-order valence-electron chi connectivity index (χ1n) is 3.95. The Morgan fingerprint density at radius 1 is 1.70 bits per heavy atom. The van der Waals surface area contributed by atoms with Crippen molar-refractivity contribution in [2.24, 2.45) is 5.41 Å². The molecule has 1 heteroatoms. The third kappa shape index (κ3) is 1.84. The zero-order valence-electron chi connectivity index (χ0n) is 6.73. The van der Waals surface area contributed by atoms with Crippen LogP contribution in [0.1, 0.15) is 26.2 Å². The minimum Gasteiger partial charge on any atom is -0.381 e. The lowest BCUT2D eigenvalue weighted by Gasteiger charge is -2.32. The van der Waals surface area contributed by atoms with Crippen LogP contribution in [0.15, 0.2) is 12.7 Å². The van der Waals surface area contributed by atoms with Gasteiger partial charge in [-0.2, -0.15) is 0 Å². The van der Waals surface area contributed by atoms with E-state index in [-0.39, 0.29) is 0 Å². The van der Waals surface area contributed by atoms with Crippen LogP contribution in [0.25, 0.3) is 0 Å². The van der Waals surface area contributed by atoms with Crippen LogP contribution in [0.4, 0.5) is 0 Å². The molecule has 0 amide bonds. The Bertz CT molecular complexity index is 112. The second kappa shape index (κ2) is 3.20. The van der Waals surface area contributed by atoms with Crippen LogP contribution < -0.4 is 0 Å². The summed E-state index contributed by atoms with van der Waals surface area (Å²) in [5.74, 6) is 0. The van der Waals surface area contributed by atoms with E-state index < -0.39 is 0 Å². The van der Waals surface area contributed by atoms with Crippen LogP contribution in [0.3, 0.4) is 0 Å². The van der Waals surface area contributed by atoms with E-state index in [1.165, 1.54) is 12.8 Å². The first-order valence-corrected chi connectivity index (χ1v) is 3.95. The maximum atomic E-state index is 5.39. The quantitative estimate of drug-likeness (QED) is 0.535. The van der Waals surface area contributed by atoms with Gasteiger partial charge in [-0.05, 0) is 24.7 Å². The summed E-state index contributed by atoms with van der Waals surface area (Å²) in [7, 11) is 0. The van der Waals surface area contributed by atoms with Gasteiger partial charge in [0.15, 0.2) is 0 Å². The molecule has 1 unspecified atom stereocenters. The van der Waals surface area contributed by atoms with Crippen LogP contribution >= 0.6 is 0 Å². The molecule has 1 aliphatic rings. The third-order valence-corrected chi connectivity index (χ3v) is 2.16. The van der Waals surface area contributed by atoms with Crippen LogP contribution in [-0.4, -0.2) is 13.2 Å². The summed E-state index contributed by atoms with van der Waals surface area (Å²) in [6.45, 7) is 7.88. The second-order valence-electron chi connectivity index (χ2n) is 3.46. The number of rotatable bonds is 2. The van der Waals surface area contributed by atoms with Crippen molar-refractivity contribution < 1.29 is 4.74 Å². The molecule has 1 rings (SSSR count). The van der Waals surface area contributed by atoms with E-state index in [2.05, 4.69) is 13.5 Å². The Labute approximate surface area is 63.1 Å². The van der Waals surface area contributed by atoms with Gasteiger partial charge in [-0.25, -0.2) is 0 Å². The molecule has 0 N–H and O–H groups in total. The highest BCUT2D eigenvalue weighted by Gasteiger charge is 2.25. The van der Waals surface area contributed by atoms with Gasteiger partial charge in [0.1, 0.15) is 0 Å². The van der Waals surface area contributed by atoms with Crippen LogP contribution in [0, 0.1) is 5.41 Å². The molecule has 1 atom stereocenters. The van der Waals surface area contributed by atoms with Crippen molar-refractivity contribution in [1.29, 1.82) is 0 Å². The van der Waals surface area contributed by atoms with E-state index in [0.29, 0.717) is 5.41 Å². The molecule has 0 spiro atoms. The van der Waals surface area contributed by atoms with Gasteiger partial charge >= 0.3 is 0 Å². The fourth-order valence-electron chi connectivity index (χ4n) is 1.50. The van der Waals surface area contributed by atoms with Gasteiger partial charge in [-0.15, -0.1) is 6.58 Å². The highest BCUT2D eigenvalue weighted by Crippen LogP contribution is 2.31. The van der Waals surface area contributed by atoms with E-state index in [4.69, 9.17) is 4.74 Å². The number of hydrogen-bond acceptors (Lipinski definition) is 1. The molecular weight excluding hydrogens is 124 g/mol. The largest absolute Gasteiger partial charge is 0.381 e. The molecule has 0 aromatic carbocycles. The molecular formula is C9H16O. The Balaban J connectivity index is 2.39. The molecule has 0 aromatic rings. The monoisotopic (exact) mass is 140 g/mol. The Morgan fingerprint density at radius 2 is 2.50 bits per heavy atom. The summed E-state index contributed by atoms with van der Waals surface area (Å²) in [5, 5.41) is 0. The van der Waals surface area contributed by atoms with Crippen molar-refractivity contribution in [2.75, 3.05) is 13.2 Å². The van der Waals surface area contributed by atoms with Gasteiger partial charge in [0, 0.05) is 6.61 Å². The van der Waals surface area contributed by atoms with Crippen molar-refractivity contribution in [3.8, 4) is 0 Å². The van der Waals surface area contributed by atoms with E-state index in [1.54, 1.807) is 0 Å². The molecule has 1 fully saturated rings. The summed E-state index contributed by atoms with van der Waals surface area (Å²) in [4.78, 5) is 0. The molecule has 0 bridgehead atoms. The predicted octanol–water partition coefficient (Wildman–Crippen LogP) is 2.38. The van der Waals surface area contributed by atoms with E-state index >= 15 is 0 Å². The topological polar surface area (TPSA) is 9.23 Å². The van der Waals surface area contributed by atoms with E-state index in [1.807, 2.05) is 6.08 Å². The van der Waals surface area contributed by atoms with Crippen LogP contribution in [0.2, 0.25) is 0 Å². The molecule has 58 valence electrons. The second-order valence-corrected chi connectivity index (χ2v) is 3.46. The fraction of sp³-hybridized carbons (Fsp3) is 0.778. The summed E-state index contributed by atoms with van der Waals surface area (Å²) in [5.41, 5.74) is 0.389. The summed E-state index contributed by atoms with van der Waals surface area (Å²) < 4.78 is 5.39. The van der Waals surface area contributed by atoms with E-state index in [9.17, 15) is 0 Å². The molecule has 1 nitrogen and oxygen atoms in total. The maximum Gasteiger partial charge on any atom is 0.0522 e. The number of allylic oxidation sites excluding steroid dienone is 1. The zero-order chi connectivity index (χ0) is 7.45. The average Bonchev–Trinajstić information content (AvgIpc) is 1.89. The molecule has 1 heterocycles. The van der Waals surface area contributed by atoms with Crippen molar-refractivity contribution in [3.05, 3.63) is 12.7 Å². The minimum atomic E-state index is 0.389. The van der Waals surface area contributed by atoms with Gasteiger partial charge in [-0.3, -0.25) is 0 Å². The first-order chi connectivity index (χ1) is 4.77. The molecule has 10 heavy (non-hydrogen) atoms. The van der Waals surface area contributed by atoms with Crippen LogP contribution in [-0.2, 0) is 4.74 Å². The highest BCUT2D eigenvalue weighted by atomic mass is 16.5. The molecule has 1 saturated heterocycles. The lowest BCUT2D eigenvalue weighted by molar-refractivity contribution is 0.00424. The highest BCUT2D eigenvalue weighted by molar-refractivity contribution is 4.84. The van der Waals surface area contributed by atoms with Crippen molar-refractivity contribution in [3.63, 3.8) is 0 Å². The van der Waals surface area contributed by atoms with Gasteiger partial charge in [-0.1, -0.05) is 13.0 Å². The average molecular weight is 140 g/mol. The Hall–Kier alpha value is -0.300. The SMILES string of the molecule is C=CCC1(C)CCCOC1. The van der Waals surface area contributed by atoms with E-state index in [0.717, 1.165) is 19.6 Å². The molecule has 1 aliphatic heterocycles. The lowest BCUT2D eigenvalue weighted by Crippen LogP contribution is -2.27. The molecule has 0 aromatic heterocycles. The summed E-state index contributed by atoms with van der Waals surface area (Å²) in [6.07, 6.45) is 5.59. The van der Waals surface area contributed by atoms with Crippen molar-refractivity contribution in [1.82, 2.24) is 0 Å². The number of hydrogen-bond donors (Lipinski definition) is 0. The minimum absolute atomic E-state index is 0.389. The van der Waals surface area contributed by atoms with Gasteiger partial charge in [0.2, 0.25) is 0 Å². The standard InChI is InChI=1S/C9H16O/c1-3-5-9(2)6-4-7-10-8-9/h3H,1,4-8H2,2H3. The van der Waals surface area contributed by atoms with Crippen molar-refractivity contribution in [2.45, 2.75) is 26.2 Å². The van der Waals surface area contributed by atoms with Gasteiger partial charge < -0.3 is 4.74 Å². The molecule has 0 radical (unpaired) electrons. The van der Waals surface area contributed by atoms with Crippen molar-refractivity contribution >= 4 is 0 Å². The first kappa shape index (κ1) is 7.80. The molecule has 0 aliphatic carbocycles. The summed E-state index contributed by atoms with van der Waals surface area (Å²) >= 11 is 0. The fourth-order valence-corrected chi connectivity index (χ4v) is 1.50. The zero-order valence-corrected chi connectivity index (χ0v) is 6.73. The maximum absolute atomic E-state index is 5.39. The predicted molar refractivity (Wildman–Crippen MR) is 43.0 cm³/mol.